The van der Waals surface area contributed by atoms with E-state index in [1.54, 1.807) is 0 Å². The summed E-state index contributed by atoms with van der Waals surface area (Å²) < 4.78 is 0. The van der Waals surface area contributed by atoms with Crippen molar-refractivity contribution in [2.24, 2.45) is 5.73 Å². The van der Waals surface area contributed by atoms with Gasteiger partial charge in [-0.05, 0) is 32.8 Å². The van der Waals surface area contributed by atoms with Crippen molar-refractivity contribution in [2.75, 3.05) is 0 Å². The van der Waals surface area contributed by atoms with Crippen LogP contribution < -0.4 is 5.73 Å². The second-order valence-corrected chi connectivity index (χ2v) is 4.94. The Bertz CT molecular complexity index is 380. The summed E-state index contributed by atoms with van der Waals surface area (Å²) in [6.45, 7) is 7.97. The van der Waals surface area contributed by atoms with Crippen LogP contribution in [-0.2, 0) is 0 Å². The lowest BCUT2D eigenvalue weighted by Crippen LogP contribution is -2.24. The van der Waals surface area contributed by atoms with Gasteiger partial charge in [0.1, 0.15) is 5.84 Å². The van der Waals surface area contributed by atoms with Gasteiger partial charge in [-0.15, -0.1) is 0 Å². The Morgan fingerprint density at radius 1 is 1.31 bits per heavy atom. The Labute approximate surface area is 101 Å². The van der Waals surface area contributed by atoms with Crippen LogP contribution in [0.25, 0.3) is 0 Å². The number of nitrogens with one attached hydrogen (secondary N) is 1. The lowest BCUT2D eigenvalue weighted by atomic mass is 10.2. The summed E-state index contributed by atoms with van der Waals surface area (Å²) >= 11 is 1.46. The monoisotopic (exact) mass is 238 g/mol. The molecule has 88 valence electrons. The lowest BCUT2D eigenvalue weighted by molar-refractivity contribution is 0.872. The number of amidine groups is 1. The predicted octanol–water partition coefficient (Wildman–Crippen LogP) is 2.21. The molecule has 0 aromatic carbocycles. The van der Waals surface area contributed by atoms with E-state index in [0.717, 1.165) is 23.4 Å². The first-order valence-electron chi connectivity index (χ1n) is 5.28. The van der Waals surface area contributed by atoms with Gasteiger partial charge in [-0.25, -0.2) is 9.97 Å². The number of rotatable bonds is 4. The first-order chi connectivity index (χ1) is 7.45. The number of nitrogens with zero attached hydrogens (tertiary/aromatic N) is 2. The number of nitrogens with two attached hydrogens (primary N) is 1. The minimum Gasteiger partial charge on any atom is -0.387 e. The predicted molar refractivity (Wildman–Crippen MR) is 68.1 cm³/mol. The van der Waals surface area contributed by atoms with Crippen LogP contribution in [0.1, 0.15) is 30.3 Å². The zero-order valence-electron chi connectivity index (χ0n) is 10.2. The number of aromatic nitrogens is 2. The summed E-state index contributed by atoms with van der Waals surface area (Å²) in [6.07, 6.45) is 0.815. The Hall–Kier alpha value is -1.10. The fourth-order valence-corrected chi connectivity index (χ4v) is 2.22. The number of hydrogen-bond donors (Lipinski definition) is 2. The molecule has 3 N–H and O–H groups in total. The van der Waals surface area contributed by atoms with E-state index in [1.807, 2.05) is 27.7 Å². The smallest absolute Gasteiger partial charge is 0.188 e. The van der Waals surface area contributed by atoms with Crippen molar-refractivity contribution in [1.82, 2.24) is 9.97 Å². The molecule has 0 aliphatic carbocycles. The fourth-order valence-electron chi connectivity index (χ4n) is 1.29. The maximum Gasteiger partial charge on any atom is 0.188 e. The van der Waals surface area contributed by atoms with Gasteiger partial charge in [0.2, 0.25) is 0 Å². The Morgan fingerprint density at radius 2 is 1.81 bits per heavy atom. The minimum atomic E-state index is -0.0264. The van der Waals surface area contributed by atoms with Crippen molar-refractivity contribution in [3.05, 3.63) is 17.0 Å². The quantitative estimate of drug-likeness (QED) is 0.365. The lowest BCUT2D eigenvalue weighted by Gasteiger charge is -2.12. The highest BCUT2D eigenvalue weighted by atomic mass is 32.2. The summed E-state index contributed by atoms with van der Waals surface area (Å²) in [7, 11) is 0. The standard InChI is InChI=1S/C11H18N4S/c1-5-9(10(12)13)16-11-14-7(3)6(2)8(4)15-11/h9H,5H2,1-4H3,(H3,12,13). The minimum absolute atomic E-state index is 0.0264. The highest BCUT2D eigenvalue weighted by Crippen LogP contribution is 2.23. The molecule has 1 heterocycles. The van der Waals surface area contributed by atoms with E-state index in [1.165, 1.54) is 11.8 Å². The van der Waals surface area contributed by atoms with E-state index >= 15 is 0 Å². The second kappa shape index (κ2) is 5.30. The summed E-state index contributed by atoms with van der Waals surface area (Å²) in [4.78, 5) is 8.81. The van der Waals surface area contributed by atoms with Crippen molar-refractivity contribution >= 4 is 17.6 Å². The van der Waals surface area contributed by atoms with Crippen LogP contribution in [0.15, 0.2) is 5.16 Å². The Balaban J connectivity index is 2.93. The molecule has 1 aromatic rings. The zero-order valence-corrected chi connectivity index (χ0v) is 11.0. The van der Waals surface area contributed by atoms with Gasteiger partial charge < -0.3 is 5.73 Å². The molecular formula is C11H18N4S. The fraction of sp³-hybridized carbons (Fsp3) is 0.545. The van der Waals surface area contributed by atoms with Gasteiger partial charge in [0, 0.05) is 11.4 Å². The average molecular weight is 238 g/mol. The third-order valence-corrected chi connectivity index (χ3v) is 3.84. The first kappa shape index (κ1) is 13.0. The largest absolute Gasteiger partial charge is 0.387 e. The van der Waals surface area contributed by atoms with Crippen LogP contribution in [0.4, 0.5) is 0 Å². The number of aryl methyl sites for hydroxylation is 2. The molecule has 4 nitrogen and oxygen atoms in total. The molecule has 0 bridgehead atoms. The zero-order chi connectivity index (χ0) is 12.3. The number of thioether (sulfide) groups is 1. The van der Waals surface area contributed by atoms with Crippen molar-refractivity contribution in [3.63, 3.8) is 0 Å². The van der Waals surface area contributed by atoms with Crippen LogP contribution in [0.5, 0.6) is 0 Å². The van der Waals surface area contributed by atoms with E-state index in [9.17, 15) is 0 Å². The normalized spacial score (nSPS) is 12.5. The van der Waals surface area contributed by atoms with Gasteiger partial charge in [0.25, 0.3) is 0 Å². The second-order valence-electron chi connectivity index (χ2n) is 3.77. The van der Waals surface area contributed by atoms with Crippen LogP contribution >= 0.6 is 11.8 Å². The molecule has 0 aliphatic rings. The summed E-state index contributed by atoms with van der Waals surface area (Å²) in [5.74, 6) is 0.187. The molecule has 1 rings (SSSR count). The van der Waals surface area contributed by atoms with Crippen molar-refractivity contribution in [1.29, 1.82) is 5.41 Å². The third-order valence-electron chi connectivity index (χ3n) is 2.58. The van der Waals surface area contributed by atoms with Gasteiger partial charge in [0.05, 0.1) is 5.25 Å². The molecule has 0 amide bonds. The van der Waals surface area contributed by atoms with E-state index in [0.29, 0.717) is 5.16 Å². The first-order valence-corrected chi connectivity index (χ1v) is 6.16. The van der Waals surface area contributed by atoms with Gasteiger partial charge in [-0.3, -0.25) is 5.41 Å². The Kier molecular flexibility index (Phi) is 4.29. The van der Waals surface area contributed by atoms with Crippen LogP contribution in [0, 0.1) is 26.2 Å². The van der Waals surface area contributed by atoms with Gasteiger partial charge >= 0.3 is 0 Å². The molecule has 1 unspecified atom stereocenters. The molecule has 0 spiro atoms. The van der Waals surface area contributed by atoms with E-state index in [4.69, 9.17) is 11.1 Å². The topological polar surface area (TPSA) is 75.7 Å². The van der Waals surface area contributed by atoms with Crippen LogP contribution in [-0.4, -0.2) is 21.1 Å². The molecule has 0 saturated heterocycles. The van der Waals surface area contributed by atoms with Crippen molar-refractivity contribution < 1.29 is 0 Å². The Morgan fingerprint density at radius 3 is 2.19 bits per heavy atom. The maximum absolute atomic E-state index is 7.45. The average Bonchev–Trinajstić information content (AvgIpc) is 2.21. The van der Waals surface area contributed by atoms with Gasteiger partial charge in [-0.2, -0.15) is 0 Å². The molecule has 0 saturated carbocycles. The molecular weight excluding hydrogens is 220 g/mol. The number of hydrogen-bond acceptors (Lipinski definition) is 4. The highest BCUT2D eigenvalue weighted by Gasteiger charge is 2.14. The van der Waals surface area contributed by atoms with Crippen LogP contribution in [0.2, 0.25) is 0 Å². The maximum atomic E-state index is 7.45. The summed E-state index contributed by atoms with van der Waals surface area (Å²) in [5, 5.41) is 8.14. The molecule has 1 aromatic heterocycles. The summed E-state index contributed by atoms with van der Waals surface area (Å²) in [6, 6.07) is 0. The SMILES string of the molecule is CCC(Sc1nc(C)c(C)c(C)n1)C(=N)N. The van der Waals surface area contributed by atoms with Gasteiger partial charge in [0.15, 0.2) is 5.16 Å². The molecule has 1 atom stereocenters. The van der Waals surface area contributed by atoms with Crippen molar-refractivity contribution in [3.8, 4) is 0 Å². The molecule has 0 radical (unpaired) electrons. The molecule has 5 heteroatoms. The third kappa shape index (κ3) is 2.95. The molecule has 0 aliphatic heterocycles. The van der Waals surface area contributed by atoms with Gasteiger partial charge in [-0.1, -0.05) is 18.7 Å². The van der Waals surface area contributed by atoms with Crippen LogP contribution in [0.3, 0.4) is 0 Å². The molecule has 0 fully saturated rings. The molecule has 16 heavy (non-hydrogen) atoms. The van der Waals surface area contributed by atoms with E-state index < -0.39 is 0 Å². The van der Waals surface area contributed by atoms with Crippen molar-refractivity contribution in [2.45, 2.75) is 44.5 Å². The summed E-state index contributed by atoms with van der Waals surface area (Å²) in [5.41, 5.74) is 8.62. The van der Waals surface area contributed by atoms with E-state index in [2.05, 4.69) is 9.97 Å². The highest BCUT2D eigenvalue weighted by molar-refractivity contribution is 8.00. The van der Waals surface area contributed by atoms with E-state index in [-0.39, 0.29) is 11.1 Å².